The van der Waals surface area contributed by atoms with E-state index in [-0.39, 0.29) is 12.5 Å². The number of aromatic amines is 1. The minimum atomic E-state index is -0.259. The van der Waals surface area contributed by atoms with E-state index in [2.05, 4.69) is 15.5 Å². The van der Waals surface area contributed by atoms with Crippen LogP contribution in [0.1, 0.15) is 28.9 Å². The molecule has 0 aliphatic heterocycles. The van der Waals surface area contributed by atoms with Crippen LogP contribution in [0.25, 0.3) is 11.0 Å². The van der Waals surface area contributed by atoms with Gasteiger partial charge in [0.15, 0.2) is 16.4 Å². The van der Waals surface area contributed by atoms with Crippen LogP contribution < -0.4 is 5.32 Å². The molecule has 0 spiro atoms. The number of amides is 1. The summed E-state index contributed by atoms with van der Waals surface area (Å²) in [6.07, 6.45) is 0. The molecule has 1 amide bonds. The molecule has 0 atom stereocenters. The molecule has 3 aromatic rings. The van der Waals surface area contributed by atoms with Crippen molar-refractivity contribution in [2.45, 2.75) is 26.9 Å². The third-order valence-electron chi connectivity index (χ3n) is 3.61. The summed E-state index contributed by atoms with van der Waals surface area (Å²) in [5.41, 5.74) is 1.55. The molecule has 0 aliphatic carbocycles. The molecule has 2 aromatic heterocycles. The van der Waals surface area contributed by atoms with Gasteiger partial charge in [0, 0.05) is 17.5 Å². The Labute approximate surface area is 132 Å². The lowest BCUT2D eigenvalue weighted by molar-refractivity contribution is 0.0923. The Morgan fingerprint density at radius 3 is 2.95 bits per heavy atom. The number of benzene rings is 1. The number of fused-ring (bicyclic) bond motifs is 1. The first-order valence-electron chi connectivity index (χ1n) is 7.02. The monoisotopic (exact) mass is 316 g/mol. The smallest absolute Gasteiger partial charge is 0.287 e. The van der Waals surface area contributed by atoms with Crippen molar-refractivity contribution in [1.82, 2.24) is 20.1 Å². The minimum Gasteiger partial charge on any atom is -0.451 e. The number of hydrogen-bond acceptors (Lipinski definition) is 4. The molecule has 0 aliphatic rings. The van der Waals surface area contributed by atoms with Gasteiger partial charge in [-0.15, -0.1) is 0 Å². The number of rotatable bonds is 4. The second kappa shape index (κ2) is 5.76. The van der Waals surface area contributed by atoms with Crippen molar-refractivity contribution in [1.29, 1.82) is 0 Å². The topological polar surface area (TPSA) is 75.8 Å². The average molecular weight is 316 g/mol. The zero-order chi connectivity index (χ0) is 15.7. The van der Waals surface area contributed by atoms with Gasteiger partial charge in [0.2, 0.25) is 0 Å². The Bertz CT molecular complexity index is 890. The maximum absolute atomic E-state index is 12.3. The lowest BCUT2D eigenvalue weighted by Crippen LogP contribution is -2.25. The molecule has 1 aromatic carbocycles. The number of nitrogens with zero attached hydrogens (tertiary/aromatic N) is 2. The number of H-pyrrole nitrogens is 1. The van der Waals surface area contributed by atoms with E-state index >= 15 is 0 Å². The summed E-state index contributed by atoms with van der Waals surface area (Å²) in [5, 5.41) is 10.6. The van der Waals surface area contributed by atoms with E-state index in [4.69, 9.17) is 16.6 Å². The first-order valence-corrected chi connectivity index (χ1v) is 7.43. The molecular weight excluding hydrogens is 300 g/mol. The Morgan fingerprint density at radius 1 is 1.45 bits per heavy atom. The quantitative estimate of drug-likeness (QED) is 0.726. The van der Waals surface area contributed by atoms with E-state index in [1.165, 1.54) is 0 Å². The van der Waals surface area contributed by atoms with Crippen molar-refractivity contribution in [2.75, 3.05) is 0 Å². The second-order valence-corrected chi connectivity index (χ2v) is 5.31. The van der Waals surface area contributed by atoms with E-state index in [1.807, 2.05) is 42.7 Å². The van der Waals surface area contributed by atoms with E-state index in [0.29, 0.717) is 28.5 Å². The predicted octanol–water partition coefficient (Wildman–Crippen LogP) is 2.95. The van der Waals surface area contributed by atoms with Gasteiger partial charge in [0.05, 0.1) is 6.54 Å². The second-order valence-electron chi connectivity index (χ2n) is 4.92. The normalized spacial score (nSPS) is 11.0. The van der Waals surface area contributed by atoms with Gasteiger partial charge in [-0.2, -0.15) is 5.10 Å². The summed E-state index contributed by atoms with van der Waals surface area (Å²) in [7, 11) is 0. The van der Waals surface area contributed by atoms with Gasteiger partial charge in [0.25, 0.3) is 5.91 Å². The van der Waals surface area contributed by atoms with Crippen molar-refractivity contribution in [3.05, 3.63) is 46.2 Å². The molecule has 114 valence electrons. The van der Waals surface area contributed by atoms with Gasteiger partial charge in [-0.05, 0) is 32.1 Å². The summed E-state index contributed by atoms with van der Waals surface area (Å²) in [5.74, 6) is 0.762. The zero-order valence-corrected chi connectivity index (χ0v) is 13.2. The van der Waals surface area contributed by atoms with Gasteiger partial charge >= 0.3 is 0 Å². The molecule has 0 saturated heterocycles. The zero-order valence-electron chi connectivity index (χ0n) is 12.3. The highest BCUT2D eigenvalue weighted by atomic mass is 32.1. The van der Waals surface area contributed by atoms with Crippen LogP contribution in [0.2, 0.25) is 0 Å². The predicted molar refractivity (Wildman–Crippen MR) is 85.2 cm³/mol. The molecular formula is C15H16N4O2S. The highest BCUT2D eigenvalue weighted by molar-refractivity contribution is 7.71. The maximum Gasteiger partial charge on any atom is 0.287 e. The van der Waals surface area contributed by atoms with Crippen LogP contribution in [0.5, 0.6) is 0 Å². The van der Waals surface area contributed by atoms with Crippen LogP contribution >= 0.6 is 12.2 Å². The number of aromatic nitrogens is 3. The maximum atomic E-state index is 12.3. The number of nitrogens with one attached hydrogen (secondary N) is 2. The van der Waals surface area contributed by atoms with Crippen molar-refractivity contribution >= 4 is 29.1 Å². The molecule has 0 fully saturated rings. The first kappa shape index (κ1) is 14.5. The first-order chi connectivity index (χ1) is 10.6. The summed E-state index contributed by atoms with van der Waals surface area (Å²) >= 11 is 5.12. The lowest BCUT2D eigenvalue weighted by Gasteiger charge is -2.05. The van der Waals surface area contributed by atoms with E-state index in [1.54, 1.807) is 0 Å². The summed E-state index contributed by atoms with van der Waals surface area (Å²) in [6, 6.07) is 7.59. The third-order valence-corrected chi connectivity index (χ3v) is 3.92. The van der Waals surface area contributed by atoms with Gasteiger partial charge in [0.1, 0.15) is 5.58 Å². The fourth-order valence-electron chi connectivity index (χ4n) is 2.44. The Kier molecular flexibility index (Phi) is 3.81. The molecule has 0 saturated carbocycles. The molecule has 0 radical (unpaired) electrons. The number of carbonyl (C=O) groups excluding carboxylic acids is 1. The van der Waals surface area contributed by atoms with Crippen LogP contribution in [0.4, 0.5) is 0 Å². The van der Waals surface area contributed by atoms with Crippen molar-refractivity contribution in [3.8, 4) is 0 Å². The Balaban J connectivity index is 1.81. The van der Waals surface area contributed by atoms with Crippen LogP contribution in [0, 0.1) is 11.7 Å². The van der Waals surface area contributed by atoms with Crippen molar-refractivity contribution in [2.24, 2.45) is 0 Å². The number of aryl methyl sites for hydroxylation is 1. The molecule has 7 heteroatoms. The van der Waals surface area contributed by atoms with Crippen LogP contribution in [-0.4, -0.2) is 20.7 Å². The molecule has 6 nitrogen and oxygen atoms in total. The number of furan rings is 1. The SMILES string of the molecule is CCn1c(CNC(=O)c2oc3ccccc3c2C)n[nH]c1=S. The van der Waals surface area contributed by atoms with Crippen LogP contribution in [-0.2, 0) is 13.1 Å². The number of para-hydroxylation sites is 1. The fraction of sp³-hybridized carbons (Fsp3) is 0.267. The summed E-state index contributed by atoms with van der Waals surface area (Å²) in [4.78, 5) is 12.3. The molecule has 0 bridgehead atoms. The number of carbonyl (C=O) groups is 1. The van der Waals surface area contributed by atoms with Gasteiger partial charge in [-0.25, -0.2) is 0 Å². The number of hydrogen-bond donors (Lipinski definition) is 2. The average Bonchev–Trinajstić information content (AvgIpc) is 3.05. The largest absolute Gasteiger partial charge is 0.451 e. The standard InChI is InChI=1S/C15H16N4O2S/c1-3-19-12(17-18-15(19)22)8-16-14(20)13-9(2)10-6-4-5-7-11(10)21-13/h4-7H,3,8H2,1-2H3,(H,16,20)(H,18,22). The van der Waals surface area contributed by atoms with Gasteiger partial charge in [-0.3, -0.25) is 9.89 Å². The summed E-state index contributed by atoms with van der Waals surface area (Å²) in [6.45, 7) is 4.84. The van der Waals surface area contributed by atoms with Crippen LogP contribution in [0.15, 0.2) is 28.7 Å². The Hall–Kier alpha value is -2.41. The van der Waals surface area contributed by atoms with Crippen molar-refractivity contribution in [3.63, 3.8) is 0 Å². The summed E-state index contributed by atoms with van der Waals surface area (Å²) < 4.78 is 8.03. The Morgan fingerprint density at radius 2 is 2.23 bits per heavy atom. The van der Waals surface area contributed by atoms with Gasteiger partial charge < -0.3 is 14.3 Å². The third kappa shape index (κ3) is 2.43. The van der Waals surface area contributed by atoms with Crippen LogP contribution in [0.3, 0.4) is 0 Å². The molecule has 3 rings (SSSR count). The minimum absolute atomic E-state index is 0.259. The lowest BCUT2D eigenvalue weighted by atomic mass is 10.1. The molecule has 2 heterocycles. The van der Waals surface area contributed by atoms with E-state index < -0.39 is 0 Å². The molecule has 0 unspecified atom stereocenters. The highest BCUT2D eigenvalue weighted by Gasteiger charge is 2.17. The van der Waals surface area contributed by atoms with Gasteiger partial charge in [-0.1, -0.05) is 18.2 Å². The van der Waals surface area contributed by atoms with E-state index in [0.717, 1.165) is 10.9 Å². The molecule has 2 N–H and O–H groups in total. The van der Waals surface area contributed by atoms with Crippen molar-refractivity contribution < 1.29 is 9.21 Å². The fourth-order valence-corrected chi connectivity index (χ4v) is 2.72. The molecule has 22 heavy (non-hydrogen) atoms. The van der Waals surface area contributed by atoms with E-state index in [9.17, 15) is 4.79 Å². The highest BCUT2D eigenvalue weighted by Crippen LogP contribution is 2.24.